The van der Waals surface area contributed by atoms with E-state index in [4.69, 9.17) is 0 Å². The number of benzene rings is 1. The second-order valence-electron chi connectivity index (χ2n) is 5.55. The van der Waals surface area contributed by atoms with E-state index in [2.05, 4.69) is 50.7 Å². The highest BCUT2D eigenvalue weighted by atomic mass is 32.2. The highest BCUT2D eigenvalue weighted by Crippen LogP contribution is 2.19. The number of carbonyl (C=O) groups is 1. The lowest BCUT2D eigenvalue weighted by Crippen LogP contribution is -2.44. The van der Waals surface area contributed by atoms with Gasteiger partial charge in [0.2, 0.25) is 0 Å². The van der Waals surface area contributed by atoms with E-state index < -0.39 is 0 Å². The molecule has 2 aliphatic rings. The van der Waals surface area contributed by atoms with Gasteiger partial charge in [-0.25, -0.2) is 4.79 Å². The fourth-order valence-corrected chi connectivity index (χ4v) is 3.53. The normalized spacial score (nSPS) is 19.2. The first-order valence-electron chi connectivity index (χ1n) is 7.73. The van der Waals surface area contributed by atoms with Gasteiger partial charge < -0.3 is 15.5 Å². The van der Waals surface area contributed by atoms with Crippen LogP contribution >= 0.6 is 11.8 Å². The summed E-state index contributed by atoms with van der Waals surface area (Å²) in [4.78, 5) is 14.2. The maximum Gasteiger partial charge on any atom is 0.315 e. The fraction of sp³-hybridized carbons (Fsp3) is 0.533. The van der Waals surface area contributed by atoms with Crippen molar-refractivity contribution >= 4 is 23.5 Å². The van der Waals surface area contributed by atoms with Crippen LogP contribution in [-0.2, 0) is 6.54 Å². The van der Waals surface area contributed by atoms with Gasteiger partial charge in [0.05, 0.1) is 6.04 Å². The van der Waals surface area contributed by atoms with E-state index in [0.29, 0.717) is 6.54 Å². The SMILES string of the molecule is O=C(NCc1ccc(N2CCSCC2)cc1)NC1CNNC1. The van der Waals surface area contributed by atoms with Crippen LogP contribution in [-0.4, -0.2) is 49.8 Å². The molecular formula is C15H23N5OS. The zero-order chi connectivity index (χ0) is 15.2. The zero-order valence-electron chi connectivity index (χ0n) is 12.6. The predicted molar refractivity (Wildman–Crippen MR) is 91.1 cm³/mol. The predicted octanol–water partition coefficient (Wildman–Crippen LogP) is 0.515. The molecule has 0 bridgehead atoms. The van der Waals surface area contributed by atoms with Gasteiger partial charge in [0.1, 0.15) is 0 Å². The van der Waals surface area contributed by atoms with Gasteiger partial charge in [-0.2, -0.15) is 11.8 Å². The summed E-state index contributed by atoms with van der Waals surface area (Å²) >= 11 is 2.02. The summed E-state index contributed by atoms with van der Waals surface area (Å²) in [6, 6.07) is 8.52. The van der Waals surface area contributed by atoms with E-state index in [9.17, 15) is 4.79 Å². The average Bonchev–Trinajstić information content (AvgIpc) is 3.07. The number of nitrogens with one attached hydrogen (secondary N) is 4. The maximum absolute atomic E-state index is 11.8. The Bertz CT molecular complexity index is 483. The molecule has 120 valence electrons. The monoisotopic (exact) mass is 321 g/mol. The van der Waals surface area contributed by atoms with E-state index in [1.165, 1.54) is 17.2 Å². The summed E-state index contributed by atoms with van der Waals surface area (Å²) in [5.74, 6) is 2.41. The molecule has 0 saturated carbocycles. The third kappa shape index (κ3) is 4.28. The minimum Gasteiger partial charge on any atom is -0.370 e. The van der Waals surface area contributed by atoms with Gasteiger partial charge in [-0.05, 0) is 17.7 Å². The molecule has 0 atom stereocenters. The van der Waals surface area contributed by atoms with Crippen molar-refractivity contribution in [2.24, 2.45) is 0 Å². The number of thioether (sulfide) groups is 1. The Kier molecular flexibility index (Phi) is 5.42. The molecule has 2 heterocycles. The van der Waals surface area contributed by atoms with Crippen molar-refractivity contribution in [2.75, 3.05) is 42.6 Å². The van der Waals surface area contributed by atoms with Gasteiger partial charge in [0.15, 0.2) is 0 Å². The first kappa shape index (κ1) is 15.5. The van der Waals surface area contributed by atoms with Crippen molar-refractivity contribution in [1.29, 1.82) is 0 Å². The van der Waals surface area contributed by atoms with Gasteiger partial charge in [-0.3, -0.25) is 10.9 Å². The Morgan fingerprint density at radius 1 is 1.18 bits per heavy atom. The molecule has 0 unspecified atom stereocenters. The van der Waals surface area contributed by atoms with Gasteiger partial charge in [0.25, 0.3) is 0 Å². The summed E-state index contributed by atoms with van der Waals surface area (Å²) in [5, 5.41) is 5.83. The minimum absolute atomic E-state index is 0.118. The van der Waals surface area contributed by atoms with Crippen molar-refractivity contribution in [1.82, 2.24) is 21.5 Å². The lowest BCUT2D eigenvalue weighted by molar-refractivity contribution is 0.238. The number of hydrazine groups is 1. The molecule has 2 saturated heterocycles. The summed E-state index contributed by atoms with van der Waals surface area (Å²) < 4.78 is 0. The molecule has 2 aliphatic heterocycles. The van der Waals surface area contributed by atoms with Gasteiger partial charge in [-0.1, -0.05) is 12.1 Å². The van der Waals surface area contributed by atoms with Gasteiger partial charge in [-0.15, -0.1) is 0 Å². The molecule has 7 heteroatoms. The van der Waals surface area contributed by atoms with E-state index >= 15 is 0 Å². The molecule has 4 N–H and O–H groups in total. The number of hydrogen-bond acceptors (Lipinski definition) is 5. The Hall–Kier alpha value is -1.44. The standard InChI is InChI=1S/C15H23N5OS/c21-15(19-13-10-17-18-11-13)16-9-12-1-3-14(4-2-12)20-5-7-22-8-6-20/h1-4,13,17-18H,5-11H2,(H2,16,19,21). The Labute approximate surface area is 135 Å². The van der Waals surface area contributed by atoms with Crippen molar-refractivity contribution in [3.8, 4) is 0 Å². The number of nitrogens with zero attached hydrogens (tertiary/aromatic N) is 1. The van der Waals surface area contributed by atoms with Crippen LogP contribution < -0.4 is 26.4 Å². The number of urea groups is 1. The average molecular weight is 321 g/mol. The van der Waals surface area contributed by atoms with Crippen LogP contribution in [0.2, 0.25) is 0 Å². The van der Waals surface area contributed by atoms with Crippen LogP contribution in [0.1, 0.15) is 5.56 Å². The van der Waals surface area contributed by atoms with Crippen LogP contribution in [0.4, 0.5) is 10.5 Å². The second kappa shape index (κ2) is 7.71. The quantitative estimate of drug-likeness (QED) is 0.651. The third-order valence-corrected chi connectivity index (χ3v) is 4.87. The molecule has 2 amide bonds. The van der Waals surface area contributed by atoms with Crippen molar-refractivity contribution < 1.29 is 4.79 Å². The topological polar surface area (TPSA) is 68.4 Å². The summed E-state index contributed by atoms with van der Waals surface area (Å²) in [6.45, 7) is 4.31. The zero-order valence-corrected chi connectivity index (χ0v) is 13.4. The van der Waals surface area contributed by atoms with Crippen LogP contribution in [0.25, 0.3) is 0 Å². The molecule has 0 radical (unpaired) electrons. The lowest BCUT2D eigenvalue weighted by atomic mass is 10.2. The van der Waals surface area contributed by atoms with Crippen molar-refractivity contribution in [2.45, 2.75) is 12.6 Å². The Morgan fingerprint density at radius 2 is 1.86 bits per heavy atom. The molecule has 0 aromatic heterocycles. The first-order chi connectivity index (χ1) is 10.8. The van der Waals surface area contributed by atoms with Gasteiger partial charge >= 0.3 is 6.03 Å². The number of amides is 2. The van der Waals surface area contributed by atoms with Gasteiger partial charge in [0, 0.05) is 49.9 Å². The molecule has 1 aromatic rings. The highest BCUT2D eigenvalue weighted by molar-refractivity contribution is 7.99. The largest absolute Gasteiger partial charge is 0.370 e. The van der Waals surface area contributed by atoms with Crippen molar-refractivity contribution in [3.63, 3.8) is 0 Å². The Morgan fingerprint density at radius 3 is 2.55 bits per heavy atom. The summed E-state index contributed by atoms with van der Waals surface area (Å²) in [6.07, 6.45) is 0. The number of hydrogen-bond donors (Lipinski definition) is 4. The third-order valence-electron chi connectivity index (χ3n) is 3.92. The maximum atomic E-state index is 11.8. The van der Waals surface area contributed by atoms with Crippen LogP contribution in [0.5, 0.6) is 0 Å². The van der Waals surface area contributed by atoms with E-state index in [0.717, 1.165) is 31.7 Å². The molecule has 2 fully saturated rings. The summed E-state index contributed by atoms with van der Waals surface area (Å²) in [7, 11) is 0. The summed E-state index contributed by atoms with van der Waals surface area (Å²) in [5.41, 5.74) is 8.37. The molecule has 22 heavy (non-hydrogen) atoms. The van der Waals surface area contributed by atoms with E-state index in [1.807, 2.05) is 11.8 Å². The van der Waals surface area contributed by atoms with Crippen LogP contribution in [0, 0.1) is 0 Å². The van der Waals surface area contributed by atoms with Crippen LogP contribution in [0.15, 0.2) is 24.3 Å². The second-order valence-corrected chi connectivity index (χ2v) is 6.78. The smallest absolute Gasteiger partial charge is 0.315 e. The molecule has 1 aromatic carbocycles. The number of carbonyl (C=O) groups excluding carboxylic acids is 1. The number of anilines is 1. The molecule has 0 spiro atoms. The first-order valence-corrected chi connectivity index (χ1v) is 8.88. The minimum atomic E-state index is -0.118. The molecule has 3 rings (SSSR count). The van der Waals surface area contributed by atoms with Crippen LogP contribution in [0.3, 0.4) is 0 Å². The van der Waals surface area contributed by atoms with E-state index in [1.54, 1.807) is 0 Å². The number of rotatable bonds is 4. The lowest BCUT2D eigenvalue weighted by Gasteiger charge is -2.28. The molecule has 0 aliphatic carbocycles. The van der Waals surface area contributed by atoms with Crippen molar-refractivity contribution in [3.05, 3.63) is 29.8 Å². The molecule has 6 nitrogen and oxygen atoms in total. The molecular weight excluding hydrogens is 298 g/mol. The highest BCUT2D eigenvalue weighted by Gasteiger charge is 2.16. The fourth-order valence-electron chi connectivity index (χ4n) is 2.63. The Balaban J connectivity index is 1.45. The van der Waals surface area contributed by atoms with E-state index in [-0.39, 0.29) is 12.1 Å².